The number of carbonyl (C=O) groups is 1. The molecule has 100 valence electrons. The highest BCUT2D eigenvalue weighted by atomic mass is 19.1. The van der Waals surface area contributed by atoms with Gasteiger partial charge < -0.3 is 4.90 Å². The molecule has 0 atom stereocenters. The fourth-order valence-electron chi connectivity index (χ4n) is 1.74. The number of unbranched alkanes of at least 4 members (excludes halogenated alkanes) is 1. The third kappa shape index (κ3) is 4.57. The van der Waals surface area contributed by atoms with Crippen LogP contribution in [0.3, 0.4) is 0 Å². The fourth-order valence-corrected chi connectivity index (χ4v) is 1.74. The molecule has 1 aromatic carbocycles. The maximum atomic E-state index is 13.3. The van der Waals surface area contributed by atoms with Gasteiger partial charge in [-0.1, -0.05) is 25.5 Å². The van der Waals surface area contributed by atoms with Crippen LogP contribution in [0.4, 0.5) is 4.39 Å². The molecule has 0 spiro atoms. The van der Waals surface area contributed by atoms with E-state index < -0.39 is 0 Å². The van der Waals surface area contributed by atoms with E-state index in [0.29, 0.717) is 17.5 Å². The minimum absolute atomic E-state index is 0.0113. The lowest BCUT2D eigenvalue weighted by Gasteiger charge is -2.15. The third-order valence-electron chi connectivity index (χ3n) is 3.11. The average Bonchev–Trinajstić information content (AvgIpc) is 2.36. The molecule has 0 N–H and O–H groups in total. The third-order valence-corrected chi connectivity index (χ3v) is 3.11. The number of halogens is 1. The highest BCUT2D eigenvalue weighted by Gasteiger charge is 2.09. The highest BCUT2D eigenvalue weighted by molar-refractivity contribution is 5.96. The number of benzene rings is 1. The average molecular weight is 251 g/mol. The van der Waals surface area contributed by atoms with Crippen molar-refractivity contribution in [3.63, 3.8) is 0 Å². The molecule has 0 bridgehead atoms. The predicted octanol–water partition coefficient (Wildman–Crippen LogP) is 3.44. The van der Waals surface area contributed by atoms with Crippen molar-refractivity contribution in [2.45, 2.75) is 33.1 Å². The van der Waals surface area contributed by atoms with Crippen LogP contribution in [0, 0.1) is 12.7 Å². The number of aryl methyl sites for hydroxylation is 1. The van der Waals surface area contributed by atoms with Crippen molar-refractivity contribution in [3.8, 4) is 0 Å². The van der Waals surface area contributed by atoms with Gasteiger partial charge in [0, 0.05) is 18.5 Å². The van der Waals surface area contributed by atoms with Crippen LogP contribution in [0.2, 0.25) is 0 Å². The van der Waals surface area contributed by atoms with E-state index in [9.17, 15) is 9.18 Å². The molecule has 0 aliphatic rings. The van der Waals surface area contributed by atoms with Gasteiger partial charge in [-0.3, -0.25) is 4.79 Å². The Morgan fingerprint density at radius 1 is 1.33 bits per heavy atom. The Bertz CT molecular complexity index is 403. The lowest BCUT2D eigenvalue weighted by Crippen LogP contribution is -2.23. The van der Waals surface area contributed by atoms with E-state index in [2.05, 4.69) is 11.8 Å². The molecule has 0 heterocycles. The minimum atomic E-state index is -0.305. The van der Waals surface area contributed by atoms with Gasteiger partial charge in [-0.15, -0.1) is 0 Å². The number of hydrogen-bond donors (Lipinski definition) is 0. The molecule has 0 fully saturated rings. The molecule has 1 aromatic rings. The van der Waals surface area contributed by atoms with Gasteiger partial charge in [0.1, 0.15) is 5.82 Å². The second kappa shape index (κ2) is 7.27. The number of ketones is 1. The Labute approximate surface area is 109 Å². The van der Waals surface area contributed by atoms with Gasteiger partial charge in [-0.25, -0.2) is 4.39 Å². The van der Waals surface area contributed by atoms with Crippen molar-refractivity contribution in [3.05, 3.63) is 35.1 Å². The second-order valence-electron chi connectivity index (χ2n) is 4.79. The maximum Gasteiger partial charge on any atom is 0.164 e. The molecule has 2 nitrogen and oxygen atoms in total. The molecule has 1 rings (SSSR count). The topological polar surface area (TPSA) is 20.3 Å². The van der Waals surface area contributed by atoms with Crippen LogP contribution in [0.15, 0.2) is 18.2 Å². The van der Waals surface area contributed by atoms with Crippen molar-refractivity contribution in [1.29, 1.82) is 0 Å². The Morgan fingerprint density at radius 3 is 2.67 bits per heavy atom. The molecule has 0 radical (unpaired) electrons. The first-order chi connectivity index (χ1) is 8.54. The molecular formula is C15H22FNO. The van der Waals surface area contributed by atoms with Gasteiger partial charge >= 0.3 is 0 Å². The van der Waals surface area contributed by atoms with E-state index in [0.717, 1.165) is 25.9 Å². The predicted molar refractivity (Wildman–Crippen MR) is 72.5 cm³/mol. The standard InChI is InChI=1S/C15H22FNO/c1-4-5-9-17(3)10-8-15(18)13-7-6-12(2)14(16)11-13/h6-7,11H,4-5,8-10H2,1-3H3. The monoisotopic (exact) mass is 251 g/mol. The summed E-state index contributed by atoms with van der Waals surface area (Å²) in [5, 5.41) is 0. The summed E-state index contributed by atoms with van der Waals surface area (Å²) in [6.45, 7) is 5.58. The van der Waals surface area contributed by atoms with Crippen LogP contribution in [0.1, 0.15) is 42.1 Å². The van der Waals surface area contributed by atoms with Crippen LogP contribution >= 0.6 is 0 Å². The van der Waals surface area contributed by atoms with Crippen LogP contribution < -0.4 is 0 Å². The van der Waals surface area contributed by atoms with Gasteiger partial charge in [-0.05, 0) is 38.6 Å². The van der Waals surface area contributed by atoms with Crippen molar-refractivity contribution >= 4 is 5.78 Å². The molecule has 0 unspecified atom stereocenters. The van der Waals surface area contributed by atoms with E-state index in [1.165, 1.54) is 6.07 Å². The van der Waals surface area contributed by atoms with Crippen LogP contribution in [0.25, 0.3) is 0 Å². The summed E-state index contributed by atoms with van der Waals surface area (Å²) in [6, 6.07) is 4.69. The van der Waals surface area contributed by atoms with E-state index in [4.69, 9.17) is 0 Å². The molecule has 0 aliphatic carbocycles. The van der Waals surface area contributed by atoms with Gasteiger partial charge in [0.25, 0.3) is 0 Å². The van der Waals surface area contributed by atoms with Gasteiger partial charge in [0.05, 0.1) is 0 Å². The van der Waals surface area contributed by atoms with Crippen molar-refractivity contribution in [1.82, 2.24) is 4.90 Å². The zero-order valence-corrected chi connectivity index (χ0v) is 11.5. The smallest absolute Gasteiger partial charge is 0.164 e. The van der Waals surface area contributed by atoms with Crippen molar-refractivity contribution in [2.75, 3.05) is 20.1 Å². The molecule has 0 saturated carbocycles. The first kappa shape index (κ1) is 14.8. The molecule has 3 heteroatoms. The van der Waals surface area contributed by atoms with Crippen LogP contribution in [-0.4, -0.2) is 30.8 Å². The summed E-state index contributed by atoms with van der Waals surface area (Å²) in [6.07, 6.45) is 2.74. The first-order valence-electron chi connectivity index (χ1n) is 6.52. The van der Waals surface area contributed by atoms with Crippen molar-refractivity contribution in [2.24, 2.45) is 0 Å². The summed E-state index contributed by atoms with van der Waals surface area (Å²) in [5.41, 5.74) is 1.05. The largest absolute Gasteiger partial charge is 0.306 e. The maximum absolute atomic E-state index is 13.3. The number of carbonyl (C=O) groups excluding carboxylic acids is 1. The Morgan fingerprint density at radius 2 is 2.06 bits per heavy atom. The number of rotatable bonds is 7. The van der Waals surface area contributed by atoms with E-state index in [1.807, 2.05) is 7.05 Å². The molecule has 0 amide bonds. The molecule has 0 saturated heterocycles. The zero-order valence-electron chi connectivity index (χ0n) is 11.5. The summed E-state index contributed by atoms with van der Waals surface area (Å²) < 4.78 is 13.3. The number of Topliss-reactive ketones (excluding diaryl/α,β-unsaturated/α-hetero) is 1. The lowest BCUT2D eigenvalue weighted by atomic mass is 10.1. The SMILES string of the molecule is CCCCN(C)CCC(=O)c1ccc(C)c(F)c1. The van der Waals surface area contributed by atoms with Crippen LogP contribution in [-0.2, 0) is 0 Å². The number of nitrogens with zero attached hydrogens (tertiary/aromatic N) is 1. The normalized spacial score (nSPS) is 10.9. The first-order valence-corrected chi connectivity index (χ1v) is 6.52. The van der Waals surface area contributed by atoms with Gasteiger partial charge in [0.15, 0.2) is 5.78 Å². The summed E-state index contributed by atoms with van der Waals surface area (Å²) in [5.74, 6) is -0.294. The lowest BCUT2D eigenvalue weighted by molar-refractivity contribution is 0.0968. The molecule has 0 aromatic heterocycles. The number of hydrogen-bond acceptors (Lipinski definition) is 2. The highest BCUT2D eigenvalue weighted by Crippen LogP contribution is 2.11. The summed E-state index contributed by atoms with van der Waals surface area (Å²) in [4.78, 5) is 14.0. The van der Waals surface area contributed by atoms with E-state index >= 15 is 0 Å². The zero-order chi connectivity index (χ0) is 13.5. The summed E-state index contributed by atoms with van der Waals surface area (Å²) in [7, 11) is 2.01. The minimum Gasteiger partial charge on any atom is -0.306 e. The van der Waals surface area contributed by atoms with Crippen molar-refractivity contribution < 1.29 is 9.18 Å². The van der Waals surface area contributed by atoms with Gasteiger partial charge in [0.2, 0.25) is 0 Å². The Kier molecular flexibility index (Phi) is 5.99. The Hall–Kier alpha value is -1.22. The molecule has 18 heavy (non-hydrogen) atoms. The Balaban J connectivity index is 2.47. The fraction of sp³-hybridized carbons (Fsp3) is 0.533. The molecule has 0 aliphatic heterocycles. The molecular weight excluding hydrogens is 229 g/mol. The quantitative estimate of drug-likeness (QED) is 0.692. The van der Waals surface area contributed by atoms with Crippen LogP contribution in [0.5, 0.6) is 0 Å². The van der Waals surface area contributed by atoms with E-state index in [1.54, 1.807) is 19.1 Å². The van der Waals surface area contributed by atoms with Gasteiger partial charge in [-0.2, -0.15) is 0 Å². The second-order valence-corrected chi connectivity index (χ2v) is 4.79. The van der Waals surface area contributed by atoms with E-state index in [-0.39, 0.29) is 11.6 Å². The summed E-state index contributed by atoms with van der Waals surface area (Å²) >= 11 is 0.